The number of sulfonamides is 1. The Morgan fingerprint density at radius 2 is 1.70 bits per heavy atom. The van der Waals surface area contributed by atoms with Crippen molar-refractivity contribution in [2.24, 2.45) is 4.40 Å². The van der Waals surface area contributed by atoms with Gasteiger partial charge in [0.25, 0.3) is 10.0 Å². The number of nitrogens with zero attached hydrogens (tertiary/aromatic N) is 1. The van der Waals surface area contributed by atoms with Crippen molar-refractivity contribution in [2.45, 2.75) is 18.4 Å². The number of hydrogen-bond donors (Lipinski definition) is 0. The minimum absolute atomic E-state index is 0.151. The van der Waals surface area contributed by atoms with Crippen LogP contribution in [0.4, 0.5) is 0 Å². The summed E-state index contributed by atoms with van der Waals surface area (Å²) in [6.07, 6.45) is 1.28. The SMILES string of the molecule is Cc1ccc(S(=O)(=O)/N=C\c2ccc(OCc3ccccc3)c(Cl)c2)cc1. The van der Waals surface area contributed by atoms with Crippen LogP contribution >= 0.6 is 11.6 Å². The third-order valence-corrected chi connectivity index (χ3v) is 5.40. The van der Waals surface area contributed by atoms with Gasteiger partial charge in [0.05, 0.1) is 9.92 Å². The fourth-order valence-corrected chi connectivity index (χ4v) is 3.46. The Bertz CT molecular complexity index is 1050. The van der Waals surface area contributed by atoms with Crippen molar-refractivity contribution < 1.29 is 13.2 Å². The van der Waals surface area contributed by atoms with Gasteiger partial charge in [0.2, 0.25) is 0 Å². The molecule has 3 aromatic carbocycles. The Balaban J connectivity index is 1.71. The summed E-state index contributed by atoms with van der Waals surface area (Å²) in [5.74, 6) is 0.527. The zero-order valence-corrected chi connectivity index (χ0v) is 16.2. The molecule has 0 unspecified atom stereocenters. The summed E-state index contributed by atoms with van der Waals surface area (Å²) < 4.78 is 34.0. The van der Waals surface area contributed by atoms with Crippen LogP contribution in [0.3, 0.4) is 0 Å². The first-order chi connectivity index (χ1) is 12.9. The maximum atomic E-state index is 12.3. The van der Waals surface area contributed by atoms with E-state index in [4.69, 9.17) is 16.3 Å². The second-order valence-electron chi connectivity index (χ2n) is 5.99. The smallest absolute Gasteiger partial charge is 0.282 e. The molecule has 0 amide bonds. The van der Waals surface area contributed by atoms with E-state index in [1.54, 1.807) is 30.3 Å². The van der Waals surface area contributed by atoms with Crippen molar-refractivity contribution in [1.82, 2.24) is 0 Å². The van der Waals surface area contributed by atoms with Gasteiger partial charge in [-0.1, -0.05) is 59.6 Å². The van der Waals surface area contributed by atoms with Crippen LogP contribution in [-0.2, 0) is 16.6 Å². The van der Waals surface area contributed by atoms with Gasteiger partial charge in [-0.05, 0) is 48.4 Å². The molecule has 138 valence electrons. The van der Waals surface area contributed by atoms with Crippen molar-refractivity contribution in [3.8, 4) is 5.75 Å². The van der Waals surface area contributed by atoms with Crippen LogP contribution in [-0.4, -0.2) is 14.6 Å². The molecule has 0 fully saturated rings. The highest BCUT2D eigenvalue weighted by Gasteiger charge is 2.11. The lowest BCUT2D eigenvalue weighted by atomic mass is 10.2. The topological polar surface area (TPSA) is 55.7 Å². The molecule has 6 heteroatoms. The highest BCUT2D eigenvalue weighted by atomic mass is 35.5. The molecular formula is C21H18ClNO3S. The highest BCUT2D eigenvalue weighted by Crippen LogP contribution is 2.26. The molecule has 0 aliphatic rings. The van der Waals surface area contributed by atoms with E-state index >= 15 is 0 Å². The second kappa shape index (κ2) is 8.37. The molecule has 0 spiro atoms. The molecule has 3 rings (SSSR count). The zero-order chi connectivity index (χ0) is 19.3. The van der Waals surface area contributed by atoms with Crippen LogP contribution in [0.1, 0.15) is 16.7 Å². The summed E-state index contributed by atoms with van der Waals surface area (Å²) in [6, 6.07) is 21.3. The quantitative estimate of drug-likeness (QED) is 0.546. The van der Waals surface area contributed by atoms with Crippen molar-refractivity contribution >= 4 is 27.8 Å². The molecule has 3 aromatic rings. The maximum Gasteiger partial charge on any atom is 0.282 e. The van der Waals surface area contributed by atoms with E-state index < -0.39 is 10.0 Å². The summed E-state index contributed by atoms with van der Waals surface area (Å²) in [7, 11) is -3.75. The predicted molar refractivity (Wildman–Crippen MR) is 108 cm³/mol. The molecule has 0 atom stereocenters. The molecule has 0 saturated heterocycles. The molecule has 0 N–H and O–H groups in total. The van der Waals surface area contributed by atoms with Gasteiger partial charge in [0, 0.05) is 6.21 Å². The molecule has 0 aliphatic heterocycles. The summed E-state index contributed by atoms with van der Waals surface area (Å²) in [5, 5.41) is 0.391. The van der Waals surface area contributed by atoms with Crippen LogP contribution in [0.2, 0.25) is 5.02 Å². The molecule has 0 heterocycles. The van der Waals surface area contributed by atoms with Gasteiger partial charge in [-0.15, -0.1) is 0 Å². The normalized spacial score (nSPS) is 11.6. The Morgan fingerprint density at radius 3 is 2.37 bits per heavy atom. The standard InChI is InChI=1S/C21H18ClNO3S/c1-16-7-10-19(11-8-16)27(24,25)23-14-18-9-12-21(20(22)13-18)26-15-17-5-3-2-4-6-17/h2-14H,15H2,1H3/b23-14-. The van der Waals surface area contributed by atoms with Gasteiger partial charge in [0.1, 0.15) is 12.4 Å². The molecule has 0 aromatic heterocycles. The number of ether oxygens (including phenoxy) is 1. The van der Waals surface area contributed by atoms with E-state index in [-0.39, 0.29) is 4.90 Å². The monoisotopic (exact) mass is 399 g/mol. The molecular weight excluding hydrogens is 382 g/mol. The Hall–Kier alpha value is -2.63. The third kappa shape index (κ3) is 5.18. The van der Waals surface area contributed by atoms with Crippen molar-refractivity contribution in [2.75, 3.05) is 0 Å². The van der Waals surface area contributed by atoms with Gasteiger partial charge in [-0.25, -0.2) is 0 Å². The van der Waals surface area contributed by atoms with Crippen LogP contribution in [0.15, 0.2) is 82.1 Å². The minimum Gasteiger partial charge on any atom is -0.487 e. The van der Waals surface area contributed by atoms with Gasteiger partial charge in [0.15, 0.2) is 0 Å². The Morgan fingerprint density at radius 1 is 1.00 bits per heavy atom. The predicted octanol–water partition coefficient (Wildman–Crippen LogP) is 5.04. The lowest BCUT2D eigenvalue weighted by Crippen LogP contribution is -1.98. The first-order valence-corrected chi connectivity index (χ1v) is 10.1. The maximum absolute atomic E-state index is 12.3. The van der Waals surface area contributed by atoms with Gasteiger partial charge >= 0.3 is 0 Å². The molecule has 0 bridgehead atoms. The van der Waals surface area contributed by atoms with Crippen LogP contribution in [0.25, 0.3) is 0 Å². The summed E-state index contributed by atoms with van der Waals surface area (Å²) in [4.78, 5) is 0.151. The number of rotatable bonds is 6. The van der Waals surface area contributed by atoms with Crippen molar-refractivity contribution in [1.29, 1.82) is 0 Å². The summed E-state index contributed by atoms with van der Waals surface area (Å²) in [5.41, 5.74) is 2.59. The molecule has 4 nitrogen and oxygen atoms in total. The van der Waals surface area contributed by atoms with E-state index in [0.29, 0.717) is 22.9 Å². The first kappa shape index (κ1) is 19.1. The lowest BCUT2D eigenvalue weighted by Gasteiger charge is -2.08. The van der Waals surface area contributed by atoms with Gasteiger partial charge in [-0.3, -0.25) is 0 Å². The number of halogens is 1. The van der Waals surface area contributed by atoms with E-state index in [0.717, 1.165) is 11.1 Å². The fraction of sp³-hybridized carbons (Fsp3) is 0.0952. The minimum atomic E-state index is -3.75. The second-order valence-corrected chi connectivity index (χ2v) is 8.03. The highest BCUT2D eigenvalue weighted by molar-refractivity contribution is 7.90. The number of aryl methyl sites for hydroxylation is 1. The fourth-order valence-electron chi connectivity index (χ4n) is 2.35. The average Bonchev–Trinajstić information content (AvgIpc) is 2.67. The number of benzene rings is 3. The zero-order valence-electron chi connectivity index (χ0n) is 14.7. The van der Waals surface area contributed by atoms with Crippen LogP contribution in [0.5, 0.6) is 5.75 Å². The Labute approximate surface area is 164 Å². The molecule has 0 aliphatic carbocycles. The van der Waals surface area contributed by atoms with E-state index in [1.807, 2.05) is 37.3 Å². The lowest BCUT2D eigenvalue weighted by molar-refractivity contribution is 0.306. The van der Waals surface area contributed by atoms with Crippen molar-refractivity contribution in [3.05, 3.63) is 94.5 Å². The summed E-state index contributed by atoms with van der Waals surface area (Å²) in [6.45, 7) is 2.29. The third-order valence-electron chi connectivity index (χ3n) is 3.85. The molecule has 0 radical (unpaired) electrons. The van der Waals surface area contributed by atoms with E-state index in [9.17, 15) is 8.42 Å². The molecule has 0 saturated carbocycles. The van der Waals surface area contributed by atoms with Gasteiger partial charge in [-0.2, -0.15) is 12.8 Å². The molecule has 27 heavy (non-hydrogen) atoms. The van der Waals surface area contributed by atoms with E-state index in [1.165, 1.54) is 18.3 Å². The van der Waals surface area contributed by atoms with Crippen LogP contribution in [0, 0.1) is 6.92 Å². The van der Waals surface area contributed by atoms with Gasteiger partial charge < -0.3 is 4.74 Å². The Kier molecular flexibility index (Phi) is 5.94. The average molecular weight is 400 g/mol. The largest absolute Gasteiger partial charge is 0.487 e. The number of hydrogen-bond acceptors (Lipinski definition) is 3. The first-order valence-electron chi connectivity index (χ1n) is 8.27. The summed E-state index contributed by atoms with van der Waals surface area (Å²) >= 11 is 6.24. The van der Waals surface area contributed by atoms with Crippen molar-refractivity contribution in [3.63, 3.8) is 0 Å². The van der Waals surface area contributed by atoms with E-state index in [2.05, 4.69) is 4.40 Å². The van der Waals surface area contributed by atoms with Crippen LogP contribution < -0.4 is 4.74 Å².